The van der Waals surface area contributed by atoms with Crippen molar-refractivity contribution in [1.29, 1.82) is 0 Å². The largest absolute Gasteiger partial charge is 0.492 e. The van der Waals surface area contributed by atoms with Crippen LogP contribution in [0.4, 0.5) is 4.79 Å². The number of nitrogens with one attached hydrogen (secondary N) is 1. The molecule has 0 bridgehead atoms. The fourth-order valence-electron chi connectivity index (χ4n) is 6.37. The lowest BCUT2D eigenvalue weighted by molar-refractivity contribution is -0.137. The number of nitrogens with zero attached hydrogens (tertiary/aromatic N) is 2. The molecule has 252 valence electrons. The number of morpholine rings is 1. The van der Waals surface area contributed by atoms with Gasteiger partial charge in [0.05, 0.1) is 44.1 Å². The second-order valence-corrected chi connectivity index (χ2v) is 12.2. The molecule has 2 amide bonds. The second-order valence-electron chi connectivity index (χ2n) is 12.2. The Bertz CT molecular complexity index is 1410. The van der Waals surface area contributed by atoms with E-state index in [9.17, 15) is 19.8 Å². The number of rotatable bonds is 15. The summed E-state index contributed by atoms with van der Waals surface area (Å²) in [6.45, 7) is 6.95. The number of hydrogen-bond acceptors (Lipinski definition) is 8. The lowest BCUT2D eigenvalue weighted by Crippen LogP contribution is -2.46. The van der Waals surface area contributed by atoms with Crippen molar-refractivity contribution in [2.45, 2.75) is 63.4 Å². The van der Waals surface area contributed by atoms with E-state index in [-0.39, 0.29) is 31.9 Å². The monoisotopic (exact) mass is 645 g/mol. The van der Waals surface area contributed by atoms with Gasteiger partial charge in [0.1, 0.15) is 12.4 Å². The number of amides is 2. The molecule has 1 aliphatic heterocycles. The van der Waals surface area contributed by atoms with E-state index in [0.29, 0.717) is 19.4 Å². The molecule has 3 aromatic rings. The molecule has 1 saturated heterocycles. The summed E-state index contributed by atoms with van der Waals surface area (Å²) in [6, 6.07) is 24.0. The maximum Gasteiger partial charge on any atom is 0.407 e. The lowest BCUT2D eigenvalue weighted by atomic mass is 9.97. The highest BCUT2D eigenvalue weighted by Crippen LogP contribution is 2.37. The Morgan fingerprint density at radius 1 is 1.00 bits per heavy atom. The van der Waals surface area contributed by atoms with Crippen LogP contribution in [0.1, 0.15) is 48.1 Å². The minimum absolute atomic E-state index is 0.0328. The molecule has 0 aromatic heterocycles. The van der Waals surface area contributed by atoms with E-state index in [1.165, 1.54) is 0 Å². The number of hydrogen-bond donors (Lipinski definition) is 3. The molecule has 5 rings (SSSR count). The first-order valence-corrected chi connectivity index (χ1v) is 16.6. The molecule has 10 heteroatoms. The highest BCUT2D eigenvalue weighted by molar-refractivity contribution is 5.77. The Morgan fingerprint density at radius 2 is 1.72 bits per heavy atom. The average Bonchev–Trinajstić information content (AvgIpc) is 3.42. The minimum atomic E-state index is -1.000. The van der Waals surface area contributed by atoms with Crippen molar-refractivity contribution in [3.63, 3.8) is 0 Å². The normalized spacial score (nSPS) is 19.0. The van der Waals surface area contributed by atoms with Gasteiger partial charge in [-0.3, -0.25) is 9.69 Å². The lowest BCUT2D eigenvalue weighted by Gasteiger charge is -2.33. The molecule has 3 N–H and O–H groups in total. The first-order valence-electron chi connectivity index (χ1n) is 16.6. The molecule has 10 nitrogen and oxygen atoms in total. The molecule has 0 saturated carbocycles. The smallest absolute Gasteiger partial charge is 0.407 e. The summed E-state index contributed by atoms with van der Waals surface area (Å²) in [4.78, 5) is 30.4. The second kappa shape index (κ2) is 17.3. The van der Waals surface area contributed by atoms with E-state index in [4.69, 9.17) is 14.2 Å². The van der Waals surface area contributed by atoms with Crippen LogP contribution >= 0.6 is 0 Å². The summed E-state index contributed by atoms with van der Waals surface area (Å²) in [6.07, 6.45) is -1.36. The zero-order valence-electron chi connectivity index (χ0n) is 27.1. The van der Waals surface area contributed by atoms with E-state index in [2.05, 4.69) is 10.2 Å². The standard InChI is InChI=1S/C37H47N3O7/c1-2-46-37(44)38-32(24-27-8-4-3-5-9-27)33(41)16-17-35(43)40(36-31-11-7-6-10-29(31)25-34(36)42)26-28-12-14-30(15-13-28)47-23-20-39-18-21-45-22-19-39/h3-15,32-34,36,41-42H,2,16-26H2,1H3,(H,38,44)/t32-,33-,34+,36-/m0/s1. The molecule has 1 heterocycles. The van der Waals surface area contributed by atoms with Crippen molar-refractivity contribution >= 4 is 12.0 Å². The third-order valence-corrected chi connectivity index (χ3v) is 8.88. The predicted molar refractivity (Wildman–Crippen MR) is 178 cm³/mol. The first kappa shape index (κ1) is 34.4. The molecule has 0 radical (unpaired) electrons. The summed E-state index contributed by atoms with van der Waals surface area (Å²) in [5.41, 5.74) is 3.80. The molecule has 3 aromatic carbocycles. The molecular weight excluding hydrogens is 598 g/mol. The van der Waals surface area contributed by atoms with Gasteiger partial charge in [0.2, 0.25) is 5.91 Å². The summed E-state index contributed by atoms with van der Waals surface area (Å²) < 4.78 is 16.5. The van der Waals surface area contributed by atoms with Gasteiger partial charge in [-0.05, 0) is 54.2 Å². The summed E-state index contributed by atoms with van der Waals surface area (Å²) in [5, 5.41) is 25.2. The fraction of sp³-hybridized carbons (Fsp3) is 0.459. The number of alkyl carbamates (subject to hydrolysis) is 1. The molecule has 0 unspecified atom stereocenters. The third-order valence-electron chi connectivity index (χ3n) is 8.88. The topological polar surface area (TPSA) is 121 Å². The summed E-state index contributed by atoms with van der Waals surface area (Å²) >= 11 is 0. The average molecular weight is 646 g/mol. The molecular formula is C37H47N3O7. The van der Waals surface area contributed by atoms with E-state index in [0.717, 1.165) is 60.9 Å². The number of ether oxygens (including phenoxy) is 3. The maximum atomic E-state index is 14.0. The van der Waals surface area contributed by atoms with Crippen LogP contribution in [0.25, 0.3) is 0 Å². The molecule has 0 spiro atoms. The quantitative estimate of drug-likeness (QED) is 0.228. The fourth-order valence-corrected chi connectivity index (χ4v) is 6.37. The van der Waals surface area contributed by atoms with Gasteiger partial charge in [0, 0.05) is 39.0 Å². The number of aliphatic hydroxyl groups is 2. The Hall–Kier alpha value is -3.96. The molecule has 1 fully saturated rings. The number of carbonyl (C=O) groups excluding carboxylic acids is 2. The van der Waals surface area contributed by atoms with Crippen LogP contribution in [0.5, 0.6) is 5.75 Å². The van der Waals surface area contributed by atoms with Gasteiger partial charge in [-0.1, -0.05) is 66.7 Å². The molecule has 4 atom stereocenters. The number of carbonyl (C=O) groups is 2. The first-order chi connectivity index (χ1) is 22.9. The van der Waals surface area contributed by atoms with Crippen LogP contribution in [-0.4, -0.2) is 96.3 Å². The van der Waals surface area contributed by atoms with Gasteiger partial charge in [0.15, 0.2) is 0 Å². The van der Waals surface area contributed by atoms with E-state index in [1.54, 1.807) is 11.8 Å². The summed E-state index contributed by atoms with van der Waals surface area (Å²) in [7, 11) is 0. The zero-order chi connectivity index (χ0) is 33.0. The van der Waals surface area contributed by atoms with E-state index >= 15 is 0 Å². The van der Waals surface area contributed by atoms with Gasteiger partial charge in [-0.15, -0.1) is 0 Å². The van der Waals surface area contributed by atoms with Crippen molar-refractivity contribution in [2.24, 2.45) is 0 Å². The van der Waals surface area contributed by atoms with Gasteiger partial charge < -0.3 is 34.6 Å². The Morgan fingerprint density at radius 3 is 2.47 bits per heavy atom. The van der Waals surface area contributed by atoms with E-state index in [1.807, 2.05) is 78.9 Å². The van der Waals surface area contributed by atoms with Gasteiger partial charge >= 0.3 is 6.09 Å². The number of fused-ring (bicyclic) bond motifs is 1. The SMILES string of the molecule is CCOC(=O)N[C@@H](Cc1ccccc1)[C@@H](O)CCC(=O)N(Cc1ccc(OCCN2CCOCC2)cc1)[C@H]1c2ccccc2C[C@H]1O. The van der Waals surface area contributed by atoms with Crippen molar-refractivity contribution in [3.05, 3.63) is 101 Å². The summed E-state index contributed by atoms with van der Waals surface area (Å²) in [5.74, 6) is 0.568. The van der Waals surface area contributed by atoms with Crippen molar-refractivity contribution in [2.75, 3.05) is 46.1 Å². The van der Waals surface area contributed by atoms with Crippen LogP contribution < -0.4 is 10.1 Å². The maximum absolute atomic E-state index is 14.0. The molecule has 1 aliphatic carbocycles. The molecule has 2 aliphatic rings. The highest BCUT2D eigenvalue weighted by atomic mass is 16.5. The molecule has 47 heavy (non-hydrogen) atoms. The van der Waals surface area contributed by atoms with Crippen LogP contribution in [0.2, 0.25) is 0 Å². The van der Waals surface area contributed by atoms with Crippen LogP contribution in [0, 0.1) is 0 Å². The number of benzene rings is 3. The van der Waals surface area contributed by atoms with Gasteiger partial charge in [-0.25, -0.2) is 4.79 Å². The van der Waals surface area contributed by atoms with Crippen LogP contribution in [0.3, 0.4) is 0 Å². The minimum Gasteiger partial charge on any atom is -0.492 e. The van der Waals surface area contributed by atoms with Crippen LogP contribution in [0.15, 0.2) is 78.9 Å². The number of aliphatic hydroxyl groups excluding tert-OH is 2. The van der Waals surface area contributed by atoms with Crippen molar-refractivity contribution in [3.8, 4) is 5.75 Å². The van der Waals surface area contributed by atoms with Gasteiger partial charge in [-0.2, -0.15) is 0 Å². The Labute approximate surface area is 277 Å². The Balaban J connectivity index is 1.26. The van der Waals surface area contributed by atoms with Crippen molar-refractivity contribution in [1.82, 2.24) is 15.1 Å². The highest BCUT2D eigenvalue weighted by Gasteiger charge is 2.38. The Kier molecular flexibility index (Phi) is 12.6. The predicted octanol–water partition coefficient (Wildman–Crippen LogP) is 3.88. The zero-order valence-corrected chi connectivity index (χ0v) is 27.1. The third kappa shape index (κ3) is 9.77. The van der Waals surface area contributed by atoms with Crippen molar-refractivity contribution < 1.29 is 34.0 Å². The van der Waals surface area contributed by atoms with E-state index < -0.39 is 30.4 Å². The van der Waals surface area contributed by atoms with Crippen LogP contribution in [-0.2, 0) is 33.7 Å². The van der Waals surface area contributed by atoms with Gasteiger partial charge in [0.25, 0.3) is 0 Å².